The molecule has 0 aliphatic carbocycles. The zero-order valence-corrected chi connectivity index (χ0v) is 10.6. The van der Waals surface area contributed by atoms with Crippen molar-refractivity contribution in [1.82, 2.24) is 20.6 Å². The van der Waals surface area contributed by atoms with Gasteiger partial charge in [-0.25, -0.2) is 0 Å². The second-order valence-electron chi connectivity index (χ2n) is 3.58. The molecule has 3 rings (SSSR count). The average molecular weight is 264 g/mol. The first-order valence-corrected chi connectivity index (χ1v) is 5.92. The molecule has 0 saturated heterocycles. The molecule has 6 heteroatoms. The van der Waals surface area contributed by atoms with Gasteiger partial charge in [-0.15, -0.1) is 10.2 Å². The van der Waals surface area contributed by atoms with Crippen LogP contribution in [-0.4, -0.2) is 20.6 Å². The topological polar surface area (TPSA) is 76.3 Å². The first kappa shape index (κ1) is 13.4. The van der Waals surface area contributed by atoms with Gasteiger partial charge in [0.05, 0.1) is 23.8 Å². The number of hydrogen-bond donors (Lipinski definition) is 0. The lowest BCUT2D eigenvalue weighted by molar-refractivity contribution is 0.761. The predicted molar refractivity (Wildman–Crippen MR) is 74.7 cm³/mol. The van der Waals surface area contributed by atoms with Gasteiger partial charge in [0.15, 0.2) is 0 Å². The number of azo groups is 1. The van der Waals surface area contributed by atoms with E-state index in [-0.39, 0.29) is 0 Å². The van der Waals surface area contributed by atoms with E-state index in [1.807, 2.05) is 60.7 Å². The van der Waals surface area contributed by atoms with E-state index in [1.165, 1.54) is 12.4 Å². The molecular weight excluding hydrogens is 252 g/mol. The van der Waals surface area contributed by atoms with Crippen molar-refractivity contribution in [3.05, 3.63) is 73.1 Å². The third-order valence-corrected chi connectivity index (χ3v) is 2.14. The van der Waals surface area contributed by atoms with E-state index in [1.54, 1.807) is 0 Å². The molecule has 6 nitrogen and oxygen atoms in total. The van der Waals surface area contributed by atoms with Gasteiger partial charge in [-0.1, -0.05) is 36.4 Å². The van der Waals surface area contributed by atoms with Crippen molar-refractivity contribution in [3.8, 4) is 0 Å². The van der Waals surface area contributed by atoms with Crippen molar-refractivity contribution in [2.45, 2.75) is 0 Å². The smallest absolute Gasteiger partial charge is 0.0857 e. The molecule has 3 aromatic rings. The highest BCUT2D eigenvalue weighted by atomic mass is 15.4. The van der Waals surface area contributed by atoms with Crippen molar-refractivity contribution in [1.29, 1.82) is 0 Å². The molecule has 0 atom stereocenters. The standard InChI is InChI=1S/C12H10N2.C2H2N4/c1-3-7-11(8-4-1)13-14-12-9-5-2-6-10-12;1-2-4-6-5-3-1/h1-10H;1-2H. The van der Waals surface area contributed by atoms with E-state index < -0.39 is 0 Å². The summed E-state index contributed by atoms with van der Waals surface area (Å²) in [6, 6.07) is 19.4. The Hall–Kier alpha value is -3.02. The highest BCUT2D eigenvalue weighted by Gasteiger charge is 1.86. The average Bonchev–Trinajstić information content (AvgIpc) is 2.57. The monoisotopic (exact) mass is 264 g/mol. The van der Waals surface area contributed by atoms with Gasteiger partial charge < -0.3 is 0 Å². The lowest BCUT2D eigenvalue weighted by atomic mass is 10.3. The van der Waals surface area contributed by atoms with Gasteiger partial charge in [-0.3, -0.25) is 0 Å². The molecule has 0 saturated carbocycles. The second-order valence-corrected chi connectivity index (χ2v) is 3.58. The Labute approximate surface area is 116 Å². The van der Waals surface area contributed by atoms with Crippen LogP contribution in [0.15, 0.2) is 83.3 Å². The molecule has 0 unspecified atom stereocenters. The minimum Gasteiger partial charge on any atom is -0.151 e. The van der Waals surface area contributed by atoms with E-state index >= 15 is 0 Å². The molecule has 2 aromatic carbocycles. The highest BCUT2D eigenvalue weighted by molar-refractivity contribution is 5.39. The SMILES string of the molecule is c1ccc(N=Nc2ccccc2)cc1.c1cnnnn1. The van der Waals surface area contributed by atoms with Crippen molar-refractivity contribution in [3.63, 3.8) is 0 Å². The van der Waals surface area contributed by atoms with Crippen LogP contribution in [0.2, 0.25) is 0 Å². The molecule has 0 bridgehead atoms. The van der Waals surface area contributed by atoms with Crippen molar-refractivity contribution >= 4 is 11.4 Å². The lowest BCUT2D eigenvalue weighted by Gasteiger charge is -1.91. The highest BCUT2D eigenvalue weighted by Crippen LogP contribution is 2.16. The van der Waals surface area contributed by atoms with Gasteiger partial charge in [0.25, 0.3) is 0 Å². The summed E-state index contributed by atoms with van der Waals surface area (Å²) >= 11 is 0. The fourth-order valence-electron chi connectivity index (χ4n) is 1.27. The van der Waals surface area contributed by atoms with E-state index in [9.17, 15) is 0 Å². The van der Waals surface area contributed by atoms with Gasteiger partial charge in [0.2, 0.25) is 0 Å². The van der Waals surface area contributed by atoms with Gasteiger partial charge in [-0.2, -0.15) is 10.2 Å². The van der Waals surface area contributed by atoms with Crippen LogP contribution in [0.4, 0.5) is 11.4 Å². The van der Waals surface area contributed by atoms with Gasteiger partial charge in [0.1, 0.15) is 0 Å². The fraction of sp³-hybridized carbons (Fsp3) is 0. The molecule has 98 valence electrons. The van der Waals surface area contributed by atoms with Crippen LogP contribution in [0, 0.1) is 0 Å². The van der Waals surface area contributed by atoms with Crippen LogP contribution < -0.4 is 0 Å². The summed E-state index contributed by atoms with van der Waals surface area (Å²) in [6.45, 7) is 0. The number of rotatable bonds is 2. The first-order chi connectivity index (χ1) is 9.95. The van der Waals surface area contributed by atoms with E-state index in [0.717, 1.165) is 11.4 Å². The summed E-state index contributed by atoms with van der Waals surface area (Å²) in [6.07, 6.45) is 2.93. The molecule has 0 aliphatic heterocycles. The van der Waals surface area contributed by atoms with Crippen molar-refractivity contribution in [2.75, 3.05) is 0 Å². The number of aromatic nitrogens is 4. The van der Waals surface area contributed by atoms with Crippen LogP contribution in [0.3, 0.4) is 0 Å². The zero-order chi connectivity index (χ0) is 13.9. The summed E-state index contributed by atoms with van der Waals surface area (Å²) in [7, 11) is 0. The van der Waals surface area contributed by atoms with Crippen molar-refractivity contribution in [2.24, 2.45) is 10.2 Å². The van der Waals surface area contributed by atoms with Gasteiger partial charge in [-0.05, 0) is 34.7 Å². The molecule has 0 aliphatic rings. The van der Waals surface area contributed by atoms with Crippen LogP contribution >= 0.6 is 0 Å². The minimum absolute atomic E-state index is 0.872. The quantitative estimate of drug-likeness (QED) is 0.665. The number of nitrogens with zero attached hydrogens (tertiary/aromatic N) is 6. The fourth-order valence-corrected chi connectivity index (χ4v) is 1.27. The third-order valence-electron chi connectivity index (χ3n) is 2.14. The van der Waals surface area contributed by atoms with E-state index in [0.29, 0.717) is 0 Å². The molecule has 20 heavy (non-hydrogen) atoms. The van der Waals surface area contributed by atoms with Gasteiger partial charge >= 0.3 is 0 Å². The molecule has 0 amide bonds. The summed E-state index contributed by atoms with van der Waals surface area (Å²) in [5.41, 5.74) is 1.74. The summed E-state index contributed by atoms with van der Waals surface area (Å²) < 4.78 is 0. The predicted octanol–water partition coefficient (Wildman–Crippen LogP) is 3.37. The second kappa shape index (κ2) is 8.15. The Bertz CT molecular complexity index is 545. The largest absolute Gasteiger partial charge is 0.151 e. The summed E-state index contributed by atoms with van der Waals surface area (Å²) in [5.74, 6) is 0. The molecule has 0 fully saturated rings. The summed E-state index contributed by atoms with van der Waals surface area (Å²) in [4.78, 5) is 0. The maximum Gasteiger partial charge on any atom is 0.0857 e. The zero-order valence-electron chi connectivity index (χ0n) is 10.6. The minimum atomic E-state index is 0.872. The van der Waals surface area contributed by atoms with Crippen LogP contribution in [0.25, 0.3) is 0 Å². The Balaban J connectivity index is 0.000000205. The Morgan fingerprint density at radius 3 is 1.25 bits per heavy atom. The number of benzene rings is 2. The van der Waals surface area contributed by atoms with Crippen molar-refractivity contribution < 1.29 is 0 Å². The Morgan fingerprint density at radius 1 is 0.550 bits per heavy atom. The molecule has 0 radical (unpaired) electrons. The Morgan fingerprint density at radius 2 is 0.950 bits per heavy atom. The third kappa shape index (κ3) is 5.09. The van der Waals surface area contributed by atoms with Crippen LogP contribution in [-0.2, 0) is 0 Å². The first-order valence-electron chi connectivity index (χ1n) is 5.92. The normalized spacial score (nSPS) is 9.80. The molecular formula is C14H12N6. The van der Waals surface area contributed by atoms with Gasteiger partial charge in [0, 0.05) is 0 Å². The molecule has 0 N–H and O–H groups in total. The molecule has 1 aromatic heterocycles. The lowest BCUT2D eigenvalue weighted by Crippen LogP contribution is -1.84. The van der Waals surface area contributed by atoms with Crippen LogP contribution in [0.1, 0.15) is 0 Å². The maximum absolute atomic E-state index is 4.10. The van der Waals surface area contributed by atoms with E-state index in [2.05, 4.69) is 30.9 Å². The Kier molecular flexibility index (Phi) is 5.46. The van der Waals surface area contributed by atoms with E-state index in [4.69, 9.17) is 0 Å². The van der Waals surface area contributed by atoms with Crippen LogP contribution in [0.5, 0.6) is 0 Å². The summed E-state index contributed by atoms with van der Waals surface area (Å²) in [5, 5.41) is 21.3. The molecule has 0 spiro atoms. The number of hydrogen-bond acceptors (Lipinski definition) is 6. The maximum atomic E-state index is 4.10. The molecule has 1 heterocycles.